The Balaban J connectivity index is 1.66. The van der Waals surface area contributed by atoms with Gasteiger partial charge >= 0.3 is 0 Å². The molecule has 3 rings (SSSR count). The molecule has 2 heterocycles. The van der Waals surface area contributed by atoms with Gasteiger partial charge in [-0.3, -0.25) is 4.79 Å². The van der Waals surface area contributed by atoms with Gasteiger partial charge in [0.25, 0.3) is 5.91 Å². The average Bonchev–Trinajstić information content (AvgIpc) is 2.56. The minimum absolute atomic E-state index is 0.00703. The number of carbonyl (C=O) groups is 1. The fourth-order valence-corrected chi connectivity index (χ4v) is 2.69. The van der Waals surface area contributed by atoms with Crippen molar-refractivity contribution in [1.82, 2.24) is 14.8 Å². The quantitative estimate of drug-likeness (QED) is 0.940. The van der Waals surface area contributed by atoms with E-state index in [4.69, 9.17) is 11.6 Å². The van der Waals surface area contributed by atoms with Crippen LogP contribution in [0.3, 0.4) is 0 Å². The Morgan fingerprint density at radius 1 is 1.13 bits per heavy atom. The van der Waals surface area contributed by atoms with Crippen LogP contribution in [0, 0.1) is 0 Å². The molecule has 1 N–H and O–H groups in total. The van der Waals surface area contributed by atoms with Crippen LogP contribution in [0.4, 0.5) is 11.4 Å². The van der Waals surface area contributed by atoms with Crippen LogP contribution in [0.25, 0.3) is 0 Å². The maximum Gasteiger partial charge on any atom is 0.272 e. The van der Waals surface area contributed by atoms with E-state index in [1.54, 1.807) is 12.3 Å². The molecule has 6 heteroatoms. The summed E-state index contributed by atoms with van der Waals surface area (Å²) in [5, 5.41) is 3.89. The highest BCUT2D eigenvalue weighted by atomic mass is 35.5. The Morgan fingerprint density at radius 3 is 2.57 bits per heavy atom. The van der Waals surface area contributed by atoms with Crippen molar-refractivity contribution in [1.29, 1.82) is 0 Å². The molecule has 1 aromatic carbocycles. The smallest absolute Gasteiger partial charge is 0.272 e. The van der Waals surface area contributed by atoms with Crippen molar-refractivity contribution in [3.05, 3.63) is 53.3 Å². The second kappa shape index (κ2) is 6.98. The number of hydrogen-bond donors (Lipinski definition) is 1. The molecular formula is C17H19ClN4O. The van der Waals surface area contributed by atoms with Gasteiger partial charge in [0.1, 0.15) is 5.69 Å². The SMILES string of the molecule is CN1CCN(C(=O)c2ccc(Nc3cccc(Cl)c3)cn2)CC1. The molecule has 0 spiro atoms. The van der Waals surface area contributed by atoms with Gasteiger partial charge in [-0.2, -0.15) is 0 Å². The number of nitrogens with zero attached hydrogens (tertiary/aromatic N) is 3. The van der Waals surface area contributed by atoms with Crippen LogP contribution < -0.4 is 5.32 Å². The van der Waals surface area contributed by atoms with E-state index in [1.165, 1.54) is 0 Å². The summed E-state index contributed by atoms with van der Waals surface area (Å²) in [7, 11) is 2.07. The maximum absolute atomic E-state index is 12.4. The van der Waals surface area contributed by atoms with Crippen molar-refractivity contribution in [2.24, 2.45) is 0 Å². The predicted octanol–water partition coefficient (Wildman–Crippen LogP) is 2.87. The molecule has 0 radical (unpaired) electrons. The largest absolute Gasteiger partial charge is 0.354 e. The molecule has 1 aliphatic heterocycles. The highest BCUT2D eigenvalue weighted by Crippen LogP contribution is 2.20. The number of pyridine rings is 1. The van der Waals surface area contributed by atoms with Gasteiger partial charge < -0.3 is 15.1 Å². The lowest BCUT2D eigenvalue weighted by atomic mass is 10.2. The molecule has 0 bridgehead atoms. The van der Waals surface area contributed by atoms with Crippen molar-refractivity contribution in [2.75, 3.05) is 38.5 Å². The van der Waals surface area contributed by atoms with Gasteiger partial charge in [-0.1, -0.05) is 17.7 Å². The van der Waals surface area contributed by atoms with Crippen molar-refractivity contribution in [2.45, 2.75) is 0 Å². The third-order valence-electron chi connectivity index (χ3n) is 3.89. The number of nitrogens with one attached hydrogen (secondary N) is 1. The zero-order valence-electron chi connectivity index (χ0n) is 13.0. The summed E-state index contributed by atoms with van der Waals surface area (Å²) in [5.41, 5.74) is 2.19. The van der Waals surface area contributed by atoms with Gasteiger partial charge in [-0.25, -0.2) is 4.98 Å². The molecule has 1 aromatic heterocycles. The van der Waals surface area contributed by atoms with Crippen molar-refractivity contribution in [3.8, 4) is 0 Å². The number of rotatable bonds is 3. The number of halogens is 1. The zero-order valence-corrected chi connectivity index (χ0v) is 13.8. The molecule has 5 nitrogen and oxygen atoms in total. The van der Waals surface area contributed by atoms with Crippen molar-refractivity contribution < 1.29 is 4.79 Å². The molecule has 1 amide bonds. The Bertz CT molecular complexity index is 681. The lowest BCUT2D eigenvalue weighted by molar-refractivity contribution is 0.0658. The molecular weight excluding hydrogens is 312 g/mol. The van der Waals surface area contributed by atoms with Crippen LogP contribution >= 0.6 is 11.6 Å². The van der Waals surface area contributed by atoms with E-state index in [0.29, 0.717) is 10.7 Å². The van der Waals surface area contributed by atoms with Crippen LogP contribution in [-0.2, 0) is 0 Å². The molecule has 1 aliphatic rings. The van der Waals surface area contributed by atoms with Crippen LogP contribution in [0.2, 0.25) is 5.02 Å². The standard InChI is InChI=1S/C17H19ClN4O/c1-21-7-9-22(10-8-21)17(23)16-6-5-15(12-19-16)20-14-4-2-3-13(18)11-14/h2-6,11-12,20H,7-10H2,1H3. The molecule has 1 fully saturated rings. The molecule has 0 saturated carbocycles. The first-order valence-electron chi connectivity index (χ1n) is 7.58. The number of benzene rings is 1. The molecule has 0 aliphatic carbocycles. The van der Waals surface area contributed by atoms with Crippen molar-refractivity contribution in [3.63, 3.8) is 0 Å². The number of piperazine rings is 1. The summed E-state index contributed by atoms with van der Waals surface area (Å²) in [6, 6.07) is 11.1. The third-order valence-corrected chi connectivity index (χ3v) is 4.12. The summed E-state index contributed by atoms with van der Waals surface area (Å²) in [6.45, 7) is 3.30. The van der Waals surface area contributed by atoms with Crippen LogP contribution in [0.1, 0.15) is 10.5 Å². The Kier molecular flexibility index (Phi) is 4.79. The first kappa shape index (κ1) is 15.8. The first-order valence-corrected chi connectivity index (χ1v) is 7.96. The third kappa shape index (κ3) is 4.00. The summed E-state index contributed by atoms with van der Waals surface area (Å²) in [4.78, 5) is 20.8. The number of aromatic nitrogens is 1. The Hall–Kier alpha value is -2.11. The highest BCUT2D eigenvalue weighted by molar-refractivity contribution is 6.30. The molecule has 23 heavy (non-hydrogen) atoms. The Labute approximate surface area is 140 Å². The second-order valence-corrected chi connectivity index (χ2v) is 6.10. The van der Waals surface area contributed by atoms with E-state index >= 15 is 0 Å². The van der Waals surface area contributed by atoms with E-state index in [2.05, 4.69) is 22.2 Å². The lowest BCUT2D eigenvalue weighted by Crippen LogP contribution is -2.47. The number of anilines is 2. The van der Waals surface area contributed by atoms with Gasteiger partial charge in [-0.05, 0) is 37.4 Å². The van der Waals surface area contributed by atoms with E-state index < -0.39 is 0 Å². The van der Waals surface area contributed by atoms with E-state index in [1.807, 2.05) is 35.2 Å². The number of likely N-dealkylation sites (N-methyl/N-ethyl adjacent to an activating group) is 1. The predicted molar refractivity (Wildman–Crippen MR) is 92.4 cm³/mol. The van der Waals surface area contributed by atoms with Crippen LogP contribution in [0.5, 0.6) is 0 Å². The normalized spacial score (nSPS) is 15.5. The molecule has 0 unspecified atom stereocenters. The minimum atomic E-state index is -0.00703. The fourth-order valence-electron chi connectivity index (χ4n) is 2.50. The number of hydrogen-bond acceptors (Lipinski definition) is 4. The van der Waals surface area contributed by atoms with Gasteiger partial charge in [0, 0.05) is 36.9 Å². The van der Waals surface area contributed by atoms with Crippen LogP contribution in [0.15, 0.2) is 42.6 Å². The average molecular weight is 331 g/mol. The van der Waals surface area contributed by atoms with Gasteiger partial charge in [0.2, 0.25) is 0 Å². The topological polar surface area (TPSA) is 48.5 Å². The minimum Gasteiger partial charge on any atom is -0.354 e. The van der Waals surface area contributed by atoms with Gasteiger partial charge in [-0.15, -0.1) is 0 Å². The van der Waals surface area contributed by atoms with E-state index in [9.17, 15) is 4.79 Å². The van der Waals surface area contributed by atoms with Gasteiger partial charge in [0.05, 0.1) is 11.9 Å². The monoisotopic (exact) mass is 330 g/mol. The summed E-state index contributed by atoms with van der Waals surface area (Å²) < 4.78 is 0. The van der Waals surface area contributed by atoms with E-state index in [-0.39, 0.29) is 5.91 Å². The van der Waals surface area contributed by atoms with Gasteiger partial charge in [0.15, 0.2) is 0 Å². The maximum atomic E-state index is 12.4. The molecule has 2 aromatic rings. The lowest BCUT2D eigenvalue weighted by Gasteiger charge is -2.32. The fraction of sp³-hybridized carbons (Fsp3) is 0.294. The summed E-state index contributed by atoms with van der Waals surface area (Å²) in [5.74, 6) is -0.00703. The van der Waals surface area contributed by atoms with Crippen LogP contribution in [-0.4, -0.2) is 53.9 Å². The van der Waals surface area contributed by atoms with Crippen molar-refractivity contribution >= 4 is 28.9 Å². The number of carbonyl (C=O) groups excluding carboxylic acids is 1. The highest BCUT2D eigenvalue weighted by Gasteiger charge is 2.21. The molecule has 1 saturated heterocycles. The van der Waals surface area contributed by atoms with E-state index in [0.717, 1.165) is 37.6 Å². The zero-order chi connectivity index (χ0) is 16.2. The molecule has 120 valence electrons. The second-order valence-electron chi connectivity index (χ2n) is 5.66. The number of amides is 1. The molecule has 0 atom stereocenters. The first-order chi connectivity index (χ1) is 11.1. The summed E-state index contributed by atoms with van der Waals surface area (Å²) >= 11 is 5.96. The summed E-state index contributed by atoms with van der Waals surface area (Å²) in [6.07, 6.45) is 1.67. The Morgan fingerprint density at radius 2 is 1.91 bits per heavy atom.